The molecular formula is C23H24N6O2S. The number of rotatable bonds is 6. The number of nitrogens with zero attached hydrogens (tertiary/aromatic N) is 4. The molecule has 0 aliphatic carbocycles. The number of benzene rings is 2. The predicted molar refractivity (Wildman–Crippen MR) is 126 cm³/mol. The Balaban J connectivity index is 1.62. The molecule has 1 amide bonds. The summed E-state index contributed by atoms with van der Waals surface area (Å²) in [7, 11) is 0. The van der Waals surface area contributed by atoms with Crippen LogP contribution in [-0.2, 0) is 17.9 Å². The van der Waals surface area contributed by atoms with Crippen LogP contribution in [0.5, 0.6) is 0 Å². The number of hydrogen-bond donors (Lipinski definition) is 2. The van der Waals surface area contributed by atoms with Gasteiger partial charge in [-0.05, 0) is 45.1 Å². The van der Waals surface area contributed by atoms with Crippen molar-refractivity contribution < 1.29 is 4.79 Å². The zero-order valence-corrected chi connectivity index (χ0v) is 18.9. The predicted octanol–water partition coefficient (Wildman–Crippen LogP) is 3.59. The van der Waals surface area contributed by atoms with Gasteiger partial charge < -0.3 is 9.88 Å². The third-order valence-electron chi connectivity index (χ3n) is 5.29. The number of nitrogens with one attached hydrogen (secondary N) is 2. The van der Waals surface area contributed by atoms with Crippen LogP contribution in [0.4, 0.5) is 0 Å². The molecule has 0 aliphatic rings. The summed E-state index contributed by atoms with van der Waals surface area (Å²) in [4.78, 5) is 34.7. The summed E-state index contributed by atoms with van der Waals surface area (Å²) < 4.78 is 2.06. The number of aromatic nitrogens is 5. The molecule has 9 heteroatoms. The number of amides is 1. The van der Waals surface area contributed by atoms with Gasteiger partial charge in [0, 0.05) is 11.6 Å². The first-order valence-corrected chi connectivity index (χ1v) is 10.7. The normalized spacial score (nSPS) is 11.2. The van der Waals surface area contributed by atoms with Crippen molar-refractivity contribution in [1.82, 2.24) is 29.6 Å². The standard InChI is InChI=1S/C23H24N6O2S/c1-14(2)28(12-19-24-18-7-5-4-6-17(18)22(31)25-19)20(30)13-29-21(26-27-23(29)32)16-10-8-15(3)9-11-16/h4-11,14H,12-13H2,1-3H3,(H,27,32)(H,24,25,31). The van der Waals surface area contributed by atoms with Crippen LogP contribution >= 0.6 is 12.2 Å². The fourth-order valence-corrected chi connectivity index (χ4v) is 3.74. The molecule has 0 atom stereocenters. The van der Waals surface area contributed by atoms with Crippen LogP contribution in [0.3, 0.4) is 0 Å². The Morgan fingerprint density at radius 1 is 1.16 bits per heavy atom. The molecule has 0 unspecified atom stereocenters. The largest absolute Gasteiger partial charge is 0.331 e. The lowest BCUT2D eigenvalue weighted by Gasteiger charge is -2.26. The van der Waals surface area contributed by atoms with E-state index in [2.05, 4.69) is 20.2 Å². The lowest BCUT2D eigenvalue weighted by Crippen LogP contribution is -2.39. The number of carbonyl (C=O) groups excluding carboxylic acids is 1. The number of aromatic amines is 2. The van der Waals surface area contributed by atoms with E-state index in [0.717, 1.165) is 11.1 Å². The average molecular weight is 449 g/mol. The van der Waals surface area contributed by atoms with Crippen molar-refractivity contribution in [3.63, 3.8) is 0 Å². The molecule has 0 aliphatic heterocycles. The van der Waals surface area contributed by atoms with E-state index in [9.17, 15) is 9.59 Å². The minimum Gasteiger partial charge on any atom is -0.331 e. The van der Waals surface area contributed by atoms with Crippen LogP contribution in [0, 0.1) is 11.7 Å². The van der Waals surface area contributed by atoms with Crippen LogP contribution in [0.2, 0.25) is 0 Å². The van der Waals surface area contributed by atoms with Gasteiger partial charge in [-0.3, -0.25) is 19.3 Å². The van der Waals surface area contributed by atoms with Crippen LogP contribution in [-0.4, -0.2) is 41.6 Å². The molecule has 4 rings (SSSR count). The highest BCUT2D eigenvalue weighted by atomic mass is 32.1. The topological polar surface area (TPSA) is 99.7 Å². The quantitative estimate of drug-likeness (QED) is 0.439. The molecular weight excluding hydrogens is 424 g/mol. The van der Waals surface area contributed by atoms with Gasteiger partial charge in [0.05, 0.1) is 17.4 Å². The monoisotopic (exact) mass is 448 g/mol. The number of aryl methyl sites for hydroxylation is 1. The lowest BCUT2D eigenvalue weighted by molar-refractivity contribution is -0.134. The fourth-order valence-electron chi connectivity index (χ4n) is 3.54. The Morgan fingerprint density at radius 2 is 1.88 bits per heavy atom. The van der Waals surface area contributed by atoms with E-state index >= 15 is 0 Å². The summed E-state index contributed by atoms with van der Waals surface area (Å²) in [6, 6.07) is 14.9. The van der Waals surface area contributed by atoms with Crippen molar-refractivity contribution in [2.75, 3.05) is 0 Å². The van der Waals surface area contributed by atoms with Gasteiger partial charge in [-0.25, -0.2) is 4.98 Å². The first kappa shape index (κ1) is 21.6. The lowest BCUT2D eigenvalue weighted by atomic mass is 10.1. The third kappa shape index (κ3) is 4.38. The maximum Gasteiger partial charge on any atom is 0.258 e. The Kier molecular flexibility index (Phi) is 6.00. The van der Waals surface area contributed by atoms with Crippen LogP contribution in [0.1, 0.15) is 25.2 Å². The maximum absolute atomic E-state index is 13.3. The van der Waals surface area contributed by atoms with E-state index in [1.165, 1.54) is 0 Å². The molecule has 0 saturated carbocycles. The highest BCUT2D eigenvalue weighted by molar-refractivity contribution is 7.71. The maximum atomic E-state index is 13.3. The molecule has 2 heterocycles. The van der Waals surface area contributed by atoms with E-state index in [-0.39, 0.29) is 30.6 Å². The second-order valence-electron chi connectivity index (χ2n) is 7.95. The number of hydrogen-bond acceptors (Lipinski definition) is 5. The second kappa shape index (κ2) is 8.88. The summed E-state index contributed by atoms with van der Waals surface area (Å²) in [5.41, 5.74) is 2.38. The molecule has 2 aromatic carbocycles. The molecule has 8 nitrogen and oxygen atoms in total. The molecule has 164 valence electrons. The van der Waals surface area contributed by atoms with Gasteiger partial charge in [0.2, 0.25) is 5.91 Å². The van der Waals surface area contributed by atoms with Gasteiger partial charge in [-0.15, -0.1) is 0 Å². The molecule has 4 aromatic rings. The van der Waals surface area contributed by atoms with Crippen LogP contribution in [0.25, 0.3) is 22.3 Å². The average Bonchev–Trinajstić information content (AvgIpc) is 3.12. The summed E-state index contributed by atoms with van der Waals surface area (Å²) in [5, 5.41) is 7.62. The zero-order chi connectivity index (χ0) is 22.8. The Hall–Kier alpha value is -3.59. The first-order valence-electron chi connectivity index (χ1n) is 10.3. The Morgan fingerprint density at radius 3 is 2.59 bits per heavy atom. The molecule has 2 aromatic heterocycles. The SMILES string of the molecule is Cc1ccc(-c2n[nH]c(=S)n2CC(=O)N(Cc2nc3ccccc3c(=O)[nH]2)C(C)C)cc1. The molecule has 2 N–H and O–H groups in total. The highest BCUT2D eigenvalue weighted by Crippen LogP contribution is 2.19. The van der Waals surface area contributed by atoms with E-state index in [1.807, 2.05) is 51.1 Å². The minimum atomic E-state index is -0.222. The van der Waals surface area contributed by atoms with E-state index in [4.69, 9.17) is 12.2 Å². The summed E-state index contributed by atoms with van der Waals surface area (Å²) in [6.45, 7) is 6.06. The van der Waals surface area contributed by atoms with Crippen molar-refractivity contribution in [3.8, 4) is 11.4 Å². The van der Waals surface area contributed by atoms with Crippen molar-refractivity contribution in [1.29, 1.82) is 0 Å². The van der Waals surface area contributed by atoms with Crippen molar-refractivity contribution in [2.45, 2.75) is 39.9 Å². The number of para-hydroxylation sites is 1. The summed E-state index contributed by atoms with van der Waals surface area (Å²) in [6.07, 6.45) is 0. The van der Waals surface area contributed by atoms with Crippen molar-refractivity contribution in [3.05, 3.63) is 75.0 Å². The van der Waals surface area contributed by atoms with Crippen molar-refractivity contribution >= 4 is 29.0 Å². The smallest absolute Gasteiger partial charge is 0.258 e. The van der Waals surface area contributed by atoms with Gasteiger partial charge in [-0.1, -0.05) is 42.0 Å². The van der Waals surface area contributed by atoms with E-state index < -0.39 is 0 Å². The number of H-pyrrole nitrogens is 2. The first-order chi connectivity index (χ1) is 15.3. The van der Waals surface area contributed by atoms with Gasteiger partial charge in [0.1, 0.15) is 12.4 Å². The second-order valence-corrected chi connectivity index (χ2v) is 8.34. The van der Waals surface area contributed by atoms with Crippen molar-refractivity contribution in [2.24, 2.45) is 0 Å². The van der Waals surface area contributed by atoms with E-state index in [0.29, 0.717) is 27.3 Å². The molecule has 0 saturated heterocycles. The molecule has 32 heavy (non-hydrogen) atoms. The van der Waals surface area contributed by atoms with Gasteiger partial charge >= 0.3 is 0 Å². The summed E-state index contributed by atoms with van der Waals surface area (Å²) >= 11 is 5.38. The van der Waals surface area contributed by atoms with Gasteiger partial charge in [-0.2, -0.15) is 5.10 Å². The highest BCUT2D eigenvalue weighted by Gasteiger charge is 2.21. The minimum absolute atomic E-state index is 0.0224. The molecule has 0 radical (unpaired) electrons. The summed E-state index contributed by atoms with van der Waals surface area (Å²) in [5.74, 6) is 0.885. The zero-order valence-electron chi connectivity index (χ0n) is 18.1. The van der Waals surface area contributed by atoms with Gasteiger partial charge in [0.25, 0.3) is 5.56 Å². The Bertz CT molecular complexity index is 1380. The molecule has 0 spiro atoms. The molecule has 0 bridgehead atoms. The van der Waals surface area contributed by atoms with Crippen LogP contribution < -0.4 is 5.56 Å². The molecule has 0 fully saturated rings. The van der Waals surface area contributed by atoms with Gasteiger partial charge in [0.15, 0.2) is 10.6 Å². The van der Waals surface area contributed by atoms with Crippen LogP contribution in [0.15, 0.2) is 53.3 Å². The number of carbonyl (C=O) groups is 1. The Labute approximate surface area is 189 Å². The van der Waals surface area contributed by atoms with E-state index in [1.54, 1.807) is 27.7 Å². The number of fused-ring (bicyclic) bond motifs is 1. The third-order valence-corrected chi connectivity index (χ3v) is 5.60. The fraction of sp³-hybridized carbons (Fsp3) is 0.261.